The predicted octanol–water partition coefficient (Wildman–Crippen LogP) is 7.40. The average molecular weight is 462 g/mol. The molecular formula is C26H17Cl2NO3. The first-order valence-electron chi connectivity index (χ1n) is 9.74. The van der Waals surface area contributed by atoms with Crippen LogP contribution in [-0.4, -0.2) is 11.7 Å². The van der Waals surface area contributed by atoms with Crippen molar-refractivity contribution in [2.24, 2.45) is 0 Å². The summed E-state index contributed by atoms with van der Waals surface area (Å²) in [7, 11) is 0. The lowest BCUT2D eigenvalue weighted by Crippen LogP contribution is -2.11. The van der Waals surface area contributed by atoms with Gasteiger partial charge in [0.15, 0.2) is 5.78 Å². The predicted molar refractivity (Wildman–Crippen MR) is 128 cm³/mol. The maximum Gasteiger partial charge on any atom is 0.255 e. The van der Waals surface area contributed by atoms with Crippen LogP contribution < -0.4 is 5.32 Å². The van der Waals surface area contributed by atoms with Crippen LogP contribution in [0.1, 0.15) is 26.5 Å². The standard InChI is InChI=1S/C26H17Cl2NO3/c27-19-8-13-23(28)22(16-19)25-15-12-21(32-25)11-14-24(30)17-6-9-20(10-7-17)29-26(31)18-4-2-1-3-5-18/h1-16H,(H,29,31). The Hall–Kier alpha value is -3.60. The van der Waals surface area contributed by atoms with E-state index in [-0.39, 0.29) is 11.7 Å². The van der Waals surface area contributed by atoms with E-state index in [0.717, 1.165) is 0 Å². The van der Waals surface area contributed by atoms with E-state index in [4.69, 9.17) is 27.6 Å². The first-order chi connectivity index (χ1) is 15.5. The van der Waals surface area contributed by atoms with Crippen LogP contribution in [0.3, 0.4) is 0 Å². The monoisotopic (exact) mass is 461 g/mol. The highest BCUT2D eigenvalue weighted by Crippen LogP contribution is 2.32. The van der Waals surface area contributed by atoms with Gasteiger partial charge in [0, 0.05) is 27.4 Å². The average Bonchev–Trinajstić information content (AvgIpc) is 3.29. The molecule has 0 fully saturated rings. The molecule has 4 aromatic rings. The van der Waals surface area contributed by atoms with E-state index < -0.39 is 0 Å². The summed E-state index contributed by atoms with van der Waals surface area (Å²) in [5, 5.41) is 3.88. The molecule has 0 saturated carbocycles. The number of carbonyl (C=O) groups is 2. The largest absolute Gasteiger partial charge is 0.457 e. The van der Waals surface area contributed by atoms with Crippen LogP contribution in [0.4, 0.5) is 5.69 Å². The fourth-order valence-corrected chi connectivity index (χ4v) is 3.42. The molecule has 3 aromatic carbocycles. The molecule has 0 saturated heterocycles. The van der Waals surface area contributed by atoms with Crippen molar-refractivity contribution >= 4 is 46.7 Å². The molecule has 0 radical (unpaired) electrons. The van der Waals surface area contributed by atoms with Gasteiger partial charge in [-0.15, -0.1) is 0 Å². The van der Waals surface area contributed by atoms with E-state index in [9.17, 15) is 9.59 Å². The van der Waals surface area contributed by atoms with Gasteiger partial charge in [-0.3, -0.25) is 9.59 Å². The van der Waals surface area contributed by atoms with E-state index in [1.165, 1.54) is 6.08 Å². The number of carbonyl (C=O) groups excluding carboxylic acids is 2. The minimum absolute atomic E-state index is 0.190. The molecule has 4 rings (SSSR count). The number of benzene rings is 3. The van der Waals surface area contributed by atoms with Crippen molar-refractivity contribution in [2.75, 3.05) is 5.32 Å². The zero-order valence-electron chi connectivity index (χ0n) is 16.7. The second kappa shape index (κ2) is 9.69. The van der Waals surface area contributed by atoms with Gasteiger partial charge in [-0.2, -0.15) is 0 Å². The van der Waals surface area contributed by atoms with Crippen molar-refractivity contribution in [3.05, 3.63) is 118 Å². The summed E-state index contributed by atoms with van der Waals surface area (Å²) in [6.07, 6.45) is 3.02. The second-order valence-electron chi connectivity index (χ2n) is 6.92. The Morgan fingerprint density at radius 3 is 2.31 bits per heavy atom. The molecule has 0 unspecified atom stereocenters. The van der Waals surface area contributed by atoms with Crippen LogP contribution in [0, 0.1) is 0 Å². The highest BCUT2D eigenvalue weighted by atomic mass is 35.5. The Balaban J connectivity index is 1.41. The van der Waals surface area contributed by atoms with Crippen LogP contribution in [-0.2, 0) is 0 Å². The number of nitrogens with one attached hydrogen (secondary N) is 1. The van der Waals surface area contributed by atoms with E-state index in [0.29, 0.717) is 43.9 Å². The van der Waals surface area contributed by atoms with E-state index >= 15 is 0 Å². The van der Waals surface area contributed by atoms with Crippen LogP contribution in [0.2, 0.25) is 10.0 Å². The van der Waals surface area contributed by atoms with Gasteiger partial charge in [0.2, 0.25) is 0 Å². The molecule has 1 amide bonds. The molecule has 6 heteroatoms. The fourth-order valence-electron chi connectivity index (χ4n) is 3.04. The highest BCUT2D eigenvalue weighted by Gasteiger charge is 2.10. The fraction of sp³-hybridized carbons (Fsp3) is 0. The van der Waals surface area contributed by atoms with Crippen molar-refractivity contribution in [2.45, 2.75) is 0 Å². The first-order valence-corrected chi connectivity index (χ1v) is 10.5. The van der Waals surface area contributed by atoms with Gasteiger partial charge in [0.1, 0.15) is 11.5 Å². The third-order valence-corrected chi connectivity index (χ3v) is 5.25. The lowest BCUT2D eigenvalue weighted by Gasteiger charge is -2.05. The minimum Gasteiger partial charge on any atom is -0.457 e. The van der Waals surface area contributed by atoms with E-state index in [2.05, 4.69) is 5.32 Å². The third kappa shape index (κ3) is 5.17. The number of halogens is 2. The summed E-state index contributed by atoms with van der Waals surface area (Å²) in [4.78, 5) is 24.7. The number of amides is 1. The zero-order valence-corrected chi connectivity index (χ0v) is 18.2. The number of ketones is 1. The number of hydrogen-bond donors (Lipinski definition) is 1. The number of anilines is 1. The third-order valence-electron chi connectivity index (χ3n) is 4.68. The van der Waals surface area contributed by atoms with E-state index in [1.54, 1.807) is 84.9 Å². The van der Waals surface area contributed by atoms with Gasteiger partial charge >= 0.3 is 0 Å². The van der Waals surface area contributed by atoms with E-state index in [1.807, 2.05) is 6.07 Å². The molecular weight excluding hydrogens is 445 g/mol. The molecule has 0 spiro atoms. The molecule has 0 aliphatic carbocycles. The molecule has 1 N–H and O–H groups in total. The topological polar surface area (TPSA) is 59.3 Å². The van der Waals surface area contributed by atoms with Crippen LogP contribution in [0.25, 0.3) is 17.4 Å². The number of hydrogen-bond acceptors (Lipinski definition) is 3. The lowest BCUT2D eigenvalue weighted by atomic mass is 10.1. The Bertz CT molecular complexity index is 1290. The van der Waals surface area contributed by atoms with Crippen LogP contribution >= 0.6 is 23.2 Å². The number of rotatable bonds is 6. The van der Waals surface area contributed by atoms with Crippen molar-refractivity contribution < 1.29 is 14.0 Å². The van der Waals surface area contributed by atoms with Crippen LogP contribution in [0.15, 0.2) is 95.4 Å². The summed E-state index contributed by atoms with van der Waals surface area (Å²) in [6, 6.07) is 24.3. The van der Waals surface area contributed by atoms with Gasteiger partial charge < -0.3 is 9.73 Å². The zero-order chi connectivity index (χ0) is 22.5. The number of allylic oxidation sites excluding steroid dienone is 1. The summed E-state index contributed by atoms with van der Waals surface area (Å²) < 4.78 is 5.77. The summed E-state index contributed by atoms with van der Waals surface area (Å²) >= 11 is 12.2. The van der Waals surface area contributed by atoms with Crippen molar-refractivity contribution in [1.82, 2.24) is 0 Å². The van der Waals surface area contributed by atoms with Crippen molar-refractivity contribution in [3.63, 3.8) is 0 Å². The molecule has 0 aliphatic rings. The molecule has 1 heterocycles. The molecule has 0 bridgehead atoms. The second-order valence-corrected chi connectivity index (χ2v) is 7.76. The SMILES string of the molecule is O=C(C=Cc1ccc(-c2cc(Cl)ccc2Cl)o1)c1ccc(NC(=O)c2ccccc2)cc1. The molecule has 0 atom stereocenters. The normalized spacial score (nSPS) is 10.9. The van der Waals surface area contributed by atoms with Crippen molar-refractivity contribution in [1.29, 1.82) is 0 Å². The molecule has 4 nitrogen and oxygen atoms in total. The lowest BCUT2D eigenvalue weighted by molar-refractivity contribution is 0.102. The van der Waals surface area contributed by atoms with Gasteiger partial charge in [0.25, 0.3) is 5.91 Å². The maximum atomic E-state index is 12.5. The Kier molecular flexibility index (Phi) is 6.55. The number of furan rings is 1. The van der Waals surface area contributed by atoms with Gasteiger partial charge in [-0.1, -0.05) is 41.4 Å². The van der Waals surface area contributed by atoms with Crippen molar-refractivity contribution in [3.8, 4) is 11.3 Å². The van der Waals surface area contributed by atoms with Gasteiger partial charge in [-0.25, -0.2) is 0 Å². The Morgan fingerprint density at radius 2 is 1.56 bits per heavy atom. The molecule has 0 aliphatic heterocycles. The maximum absolute atomic E-state index is 12.5. The summed E-state index contributed by atoms with van der Waals surface area (Å²) in [5.41, 5.74) is 2.34. The Morgan fingerprint density at radius 1 is 0.812 bits per heavy atom. The highest BCUT2D eigenvalue weighted by molar-refractivity contribution is 6.35. The Labute approximate surface area is 195 Å². The van der Waals surface area contributed by atoms with Crippen LogP contribution in [0.5, 0.6) is 0 Å². The molecule has 158 valence electrons. The quantitative estimate of drug-likeness (QED) is 0.240. The molecule has 32 heavy (non-hydrogen) atoms. The smallest absolute Gasteiger partial charge is 0.255 e. The first kappa shape index (κ1) is 21.6. The van der Waals surface area contributed by atoms with Gasteiger partial charge in [-0.05, 0) is 78.9 Å². The van der Waals surface area contributed by atoms with Gasteiger partial charge in [0.05, 0.1) is 5.02 Å². The minimum atomic E-state index is -0.210. The molecule has 1 aromatic heterocycles. The summed E-state index contributed by atoms with van der Waals surface area (Å²) in [5.74, 6) is 0.668. The summed E-state index contributed by atoms with van der Waals surface area (Å²) in [6.45, 7) is 0.